The molecule has 0 spiro atoms. The number of imidazole rings is 1. The molecular formula is C17H22Cl2N2. The van der Waals surface area contributed by atoms with Crippen LogP contribution in [-0.4, -0.2) is 15.4 Å². The van der Waals surface area contributed by atoms with Gasteiger partial charge in [-0.25, -0.2) is 4.98 Å². The largest absolute Gasteiger partial charge is 0.323 e. The molecule has 0 aliphatic heterocycles. The summed E-state index contributed by atoms with van der Waals surface area (Å²) in [5.41, 5.74) is 2.10. The summed E-state index contributed by atoms with van der Waals surface area (Å²) in [5, 5.41) is 0.807. The lowest BCUT2D eigenvalue weighted by molar-refractivity contribution is 0.233. The molecule has 114 valence electrons. The van der Waals surface area contributed by atoms with Crippen molar-refractivity contribution in [2.45, 2.75) is 51.5 Å². The van der Waals surface area contributed by atoms with Gasteiger partial charge < -0.3 is 4.57 Å². The third-order valence-corrected chi connectivity index (χ3v) is 5.27. The fraction of sp³-hybridized carbons (Fsp3) is 0.588. The minimum absolute atomic E-state index is 0.520. The van der Waals surface area contributed by atoms with Gasteiger partial charge >= 0.3 is 0 Å². The zero-order valence-electron chi connectivity index (χ0n) is 12.5. The van der Waals surface area contributed by atoms with E-state index in [0.717, 1.165) is 34.2 Å². The lowest BCUT2D eigenvalue weighted by Crippen LogP contribution is -2.24. The van der Waals surface area contributed by atoms with Crippen molar-refractivity contribution < 1.29 is 0 Å². The average Bonchev–Trinajstić information content (AvgIpc) is 2.87. The fourth-order valence-electron chi connectivity index (χ4n) is 3.78. The second-order valence-corrected chi connectivity index (χ2v) is 6.75. The highest BCUT2D eigenvalue weighted by atomic mass is 35.5. The number of benzene rings is 1. The number of rotatable bonds is 4. The van der Waals surface area contributed by atoms with Gasteiger partial charge in [0.1, 0.15) is 5.82 Å². The highest BCUT2D eigenvalue weighted by Gasteiger charge is 2.29. The monoisotopic (exact) mass is 324 g/mol. The molecule has 1 heterocycles. The summed E-state index contributed by atoms with van der Waals surface area (Å²) in [7, 11) is 0. The van der Waals surface area contributed by atoms with E-state index in [0.29, 0.717) is 11.9 Å². The van der Waals surface area contributed by atoms with Crippen LogP contribution in [0.4, 0.5) is 0 Å². The second kappa shape index (κ2) is 6.58. The van der Waals surface area contributed by atoms with E-state index in [1.807, 2.05) is 12.1 Å². The number of halogens is 2. The van der Waals surface area contributed by atoms with Gasteiger partial charge in [-0.2, -0.15) is 0 Å². The molecule has 2 atom stereocenters. The second-order valence-electron chi connectivity index (χ2n) is 5.96. The van der Waals surface area contributed by atoms with E-state index in [1.165, 1.54) is 32.1 Å². The lowest BCUT2D eigenvalue weighted by atomic mass is 9.82. The van der Waals surface area contributed by atoms with Crippen LogP contribution in [0.5, 0.6) is 0 Å². The van der Waals surface area contributed by atoms with Crippen molar-refractivity contribution in [3.8, 4) is 0 Å². The molecule has 0 saturated heterocycles. The van der Waals surface area contributed by atoms with Crippen molar-refractivity contribution in [1.82, 2.24) is 9.55 Å². The van der Waals surface area contributed by atoms with Gasteiger partial charge in [-0.3, -0.25) is 0 Å². The maximum Gasteiger partial charge on any atom is 0.111 e. The van der Waals surface area contributed by atoms with Crippen molar-refractivity contribution in [3.05, 3.63) is 29.0 Å². The van der Waals surface area contributed by atoms with Crippen molar-refractivity contribution >= 4 is 34.2 Å². The van der Waals surface area contributed by atoms with Crippen LogP contribution in [0.25, 0.3) is 11.0 Å². The number of aromatic nitrogens is 2. The number of nitrogens with zero attached hydrogens (tertiary/aromatic N) is 2. The van der Waals surface area contributed by atoms with Crippen molar-refractivity contribution in [2.24, 2.45) is 5.92 Å². The Labute approximate surface area is 136 Å². The lowest BCUT2D eigenvalue weighted by Gasteiger charge is -2.33. The molecule has 2 unspecified atom stereocenters. The van der Waals surface area contributed by atoms with Crippen LogP contribution in [0.2, 0.25) is 5.02 Å². The van der Waals surface area contributed by atoms with Crippen molar-refractivity contribution in [3.63, 3.8) is 0 Å². The molecule has 1 aromatic heterocycles. The van der Waals surface area contributed by atoms with Crippen LogP contribution < -0.4 is 0 Å². The number of para-hydroxylation sites is 1. The Bertz CT molecular complexity index is 621. The maximum atomic E-state index is 6.49. The van der Waals surface area contributed by atoms with Gasteiger partial charge in [-0.15, -0.1) is 11.6 Å². The third kappa shape index (κ3) is 2.80. The smallest absolute Gasteiger partial charge is 0.111 e. The van der Waals surface area contributed by atoms with Crippen LogP contribution in [0.15, 0.2) is 18.2 Å². The first-order chi connectivity index (χ1) is 10.3. The Morgan fingerprint density at radius 3 is 2.86 bits per heavy atom. The summed E-state index contributed by atoms with van der Waals surface area (Å²) in [5.74, 6) is 2.42. The quantitative estimate of drug-likeness (QED) is 0.668. The highest BCUT2D eigenvalue weighted by Crippen LogP contribution is 2.40. The van der Waals surface area contributed by atoms with Crippen LogP contribution >= 0.6 is 23.2 Å². The summed E-state index contributed by atoms with van der Waals surface area (Å²) >= 11 is 12.5. The Hall–Kier alpha value is -0.730. The molecule has 3 rings (SSSR count). The predicted molar refractivity (Wildman–Crippen MR) is 90.5 cm³/mol. The van der Waals surface area contributed by atoms with E-state index in [-0.39, 0.29) is 0 Å². The molecule has 4 heteroatoms. The molecule has 0 bridgehead atoms. The summed E-state index contributed by atoms with van der Waals surface area (Å²) in [6.07, 6.45) is 7.20. The Morgan fingerprint density at radius 2 is 2.10 bits per heavy atom. The van der Waals surface area contributed by atoms with Gasteiger partial charge in [-0.05, 0) is 30.9 Å². The molecule has 1 fully saturated rings. The minimum atomic E-state index is 0.520. The van der Waals surface area contributed by atoms with E-state index in [4.69, 9.17) is 28.2 Å². The van der Waals surface area contributed by atoms with Gasteiger partial charge in [0.2, 0.25) is 0 Å². The Morgan fingerprint density at radius 1 is 1.29 bits per heavy atom. The van der Waals surface area contributed by atoms with E-state index in [9.17, 15) is 0 Å². The molecule has 0 N–H and O–H groups in total. The Balaban J connectivity index is 2.15. The molecule has 1 aromatic carbocycles. The van der Waals surface area contributed by atoms with Crippen LogP contribution in [-0.2, 0) is 6.42 Å². The van der Waals surface area contributed by atoms with Gasteiger partial charge in [-0.1, -0.05) is 43.9 Å². The summed E-state index contributed by atoms with van der Waals surface area (Å²) in [6.45, 7) is 2.30. The van der Waals surface area contributed by atoms with Gasteiger partial charge in [0, 0.05) is 18.3 Å². The summed E-state index contributed by atoms with van der Waals surface area (Å²) in [4.78, 5) is 4.80. The Kier molecular flexibility index (Phi) is 4.75. The molecule has 1 saturated carbocycles. The van der Waals surface area contributed by atoms with E-state index in [2.05, 4.69) is 17.6 Å². The minimum Gasteiger partial charge on any atom is -0.323 e. The summed E-state index contributed by atoms with van der Waals surface area (Å²) < 4.78 is 2.41. The van der Waals surface area contributed by atoms with E-state index < -0.39 is 0 Å². The zero-order valence-corrected chi connectivity index (χ0v) is 14.0. The van der Waals surface area contributed by atoms with Crippen LogP contribution in [0, 0.1) is 5.92 Å². The molecule has 2 nitrogen and oxygen atoms in total. The van der Waals surface area contributed by atoms with Crippen LogP contribution in [0.3, 0.4) is 0 Å². The molecule has 1 aliphatic carbocycles. The molecule has 2 aromatic rings. The fourth-order valence-corrected chi connectivity index (χ4v) is 4.21. The van der Waals surface area contributed by atoms with Crippen molar-refractivity contribution in [2.75, 3.05) is 5.88 Å². The first-order valence-electron chi connectivity index (χ1n) is 7.97. The van der Waals surface area contributed by atoms with Gasteiger partial charge in [0.15, 0.2) is 0 Å². The van der Waals surface area contributed by atoms with Gasteiger partial charge in [0.25, 0.3) is 0 Å². The molecular weight excluding hydrogens is 303 g/mol. The highest BCUT2D eigenvalue weighted by molar-refractivity contribution is 6.35. The zero-order chi connectivity index (χ0) is 14.8. The SMILES string of the molecule is CCC1CCCCC1n1c(CCCl)nc2cccc(Cl)c21. The number of fused-ring (bicyclic) bond motifs is 1. The number of hydrogen-bond donors (Lipinski definition) is 0. The topological polar surface area (TPSA) is 17.8 Å². The van der Waals surface area contributed by atoms with E-state index in [1.54, 1.807) is 0 Å². The van der Waals surface area contributed by atoms with Gasteiger partial charge in [0.05, 0.1) is 16.1 Å². The molecule has 21 heavy (non-hydrogen) atoms. The predicted octanol–water partition coefficient (Wildman–Crippen LogP) is 5.61. The average molecular weight is 325 g/mol. The normalized spacial score (nSPS) is 22.8. The maximum absolute atomic E-state index is 6.49. The third-order valence-electron chi connectivity index (χ3n) is 4.78. The van der Waals surface area contributed by atoms with E-state index >= 15 is 0 Å². The summed E-state index contributed by atoms with van der Waals surface area (Å²) in [6, 6.07) is 6.52. The molecule has 1 aliphatic rings. The molecule has 0 radical (unpaired) electrons. The first-order valence-corrected chi connectivity index (χ1v) is 8.88. The number of hydrogen-bond acceptors (Lipinski definition) is 1. The van der Waals surface area contributed by atoms with Crippen LogP contribution in [0.1, 0.15) is 50.9 Å². The van der Waals surface area contributed by atoms with Crippen molar-refractivity contribution in [1.29, 1.82) is 0 Å². The first kappa shape index (κ1) is 15.2. The molecule has 0 amide bonds. The standard InChI is InChI=1S/C17H22Cl2N2/c1-2-12-6-3-4-9-15(12)21-16(10-11-18)20-14-8-5-7-13(19)17(14)21/h5,7-8,12,15H,2-4,6,9-11H2,1H3. The number of alkyl halides is 1. The number of aryl methyl sites for hydroxylation is 1.